The van der Waals surface area contributed by atoms with Gasteiger partial charge in [0.15, 0.2) is 6.10 Å². The summed E-state index contributed by atoms with van der Waals surface area (Å²) in [6.45, 7) is 0.677. The molecule has 2 N–H and O–H groups in total. The number of halogens is 6. The standard InChI is InChI=1S/C19H17ClF5N3O3/c1-9(19(23,24)25)31-15-8-14(26-18(30)28(2)3)13(22)7-10(15)17(29)27-16-11(20)5-4-6-12(16)21/h4-9H,1-3H3,(H,26,30)(H,27,29). The van der Waals surface area contributed by atoms with Crippen molar-refractivity contribution in [2.24, 2.45) is 0 Å². The highest BCUT2D eigenvalue weighted by Crippen LogP contribution is 2.33. The van der Waals surface area contributed by atoms with Gasteiger partial charge in [0.2, 0.25) is 0 Å². The van der Waals surface area contributed by atoms with Crippen LogP contribution in [0.4, 0.5) is 38.1 Å². The molecule has 0 spiro atoms. The number of urea groups is 1. The summed E-state index contributed by atoms with van der Waals surface area (Å²) in [6.07, 6.45) is -7.18. The number of alkyl halides is 3. The van der Waals surface area contributed by atoms with Crippen LogP contribution in [0.2, 0.25) is 5.02 Å². The van der Waals surface area contributed by atoms with E-state index in [1.54, 1.807) is 0 Å². The molecular weight excluding hydrogens is 449 g/mol. The first-order chi connectivity index (χ1) is 14.3. The Morgan fingerprint density at radius 1 is 1.10 bits per heavy atom. The van der Waals surface area contributed by atoms with E-state index >= 15 is 0 Å². The van der Waals surface area contributed by atoms with Crippen LogP contribution in [0.15, 0.2) is 30.3 Å². The highest BCUT2D eigenvalue weighted by atomic mass is 35.5. The SMILES string of the molecule is CC(Oc1cc(NC(=O)N(C)C)c(F)cc1C(=O)Nc1c(F)cccc1Cl)C(F)(F)F. The summed E-state index contributed by atoms with van der Waals surface area (Å²) in [5, 5.41) is 4.03. The third-order valence-electron chi connectivity index (χ3n) is 3.93. The van der Waals surface area contributed by atoms with E-state index in [1.165, 1.54) is 26.2 Å². The molecule has 0 aromatic heterocycles. The van der Waals surface area contributed by atoms with Crippen LogP contribution in [0, 0.1) is 11.6 Å². The van der Waals surface area contributed by atoms with E-state index < -0.39 is 58.5 Å². The van der Waals surface area contributed by atoms with Gasteiger partial charge >= 0.3 is 12.2 Å². The van der Waals surface area contributed by atoms with Crippen molar-refractivity contribution < 1.29 is 36.3 Å². The van der Waals surface area contributed by atoms with Crippen LogP contribution < -0.4 is 15.4 Å². The Morgan fingerprint density at radius 2 is 1.74 bits per heavy atom. The second kappa shape index (κ2) is 9.38. The number of nitrogens with one attached hydrogen (secondary N) is 2. The van der Waals surface area contributed by atoms with Gasteiger partial charge < -0.3 is 20.3 Å². The van der Waals surface area contributed by atoms with Gasteiger partial charge in [0.1, 0.15) is 17.4 Å². The first-order valence-corrected chi connectivity index (χ1v) is 8.99. The van der Waals surface area contributed by atoms with Gasteiger partial charge in [0.05, 0.1) is 22.0 Å². The molecule has 0 saturated heterocycles. The molecule has 0 aliphatic carbocycles. The number of amides is 3. The van der Waals surface area contributed by atoms with Crippen molar-refractivity contribution >= 4 is 34.9 Å². The number of nitrogens with zero attached hydrogens (tertiary/aromatic N) is 1. The topological polar surface area (TPSA) is 70.7 Å². The van der Waals surface area contributed by atoms with E-state index in [-0.39, 0.29) is 5.02 Å². The smallest absolute Gasteiger partial charge is 0.425 e. The zero-order valence-corrected chi connectivity index (χ0v) is 17.2. The molecule has 2 rings (SSSR count). The number of carbonyl (C=O) groups is 2. The molecule has 0 heterocycles. The zero-order chi connectivity index (χ0) is 23.5. The molecule has 31 heavy (non-hydrogen) atoms. The maximum atomic E-state index is 14.5. The number of para-hydroxylation sites is 1. The molecule has 0 aliphatic rings. The van der Waals surface area contributed by atoms with E-state index in [9.17, 15) is 31.5 Å². The number of hydrogen-bond acceptors (Lipinski definition) is 3. The molecule has 6 nitrogen and oxygen atoms in total. The monoisotopic (exact) mass is 465 g/mol. The van der Waals surface area contributed by atoms with Crippen molar-refractivity contribution in [2.45, 2.75) is 19.2 Å². The molecule has 3 amide bonds. The lowest BCUT2D eigenvalue weighted by Gasteiger charge is -2.21. The Balaban J connectivity index is 2.49. The average molecular weight is 466 g/mol. The van der Waals surface area contributed by atoms with Gasteiger partial charge in [-0.3, -0.25) is 4.79 Å². The molecule has 0 aliphatic heterocycles. The lowest BCUT2D eigenvalue weighted by Crippen LogP contribution is -2.32. The molecular formula is C19H17ClF5N3O3. The number of anilines is 2. The van der Waals surface area contributed by atoms with Crippen LogP contribution in [0.25, 0.3) is 0 Å². The van der Waals surface area contributed by atoms with Crippen molar-refractivity contribution in [2.75, 3.05) is 24.7 Å². The van der Waals surface area contributed by atoms with Crippen molar-refractivity contribution in [3.63, 3.8) is 0 Å². The molecule has 1 unspecified atom stereocenters. The quantitative estimate of drug-likeness (QED) is 0.589. The van der Waals surface area contributed by atoms with E-state index in [0.717, 1.165) is 17.0 Å². The molecule has 1 atom stereocenters. The highest BCUT2D eigenvalue weighted by molar-refractivity contribution is 6.34. The predicted molar refractivity (Wildman–Crippen MR) is 105 cm³/mol. The molecule has 12 heteroatoms. The Labute approximate surface area is 178 Å². The number of carbonyl (C=O) groups excluding carboxylic acids is 2. The van der Waals surface area contributed by atoms with Crippen molar-refractivity contribution in [1.29, 1.82) is 0 Å². The van der Waals surface area contributed by atoms with E-state index in [4.69, 9.17) is 16.3 Å². The lowest BCUT2D eigenvalue weighted by molar-refractivity contribution is -0.189. The normalized spacial score (nSPS) is 12.2. The number of rotatable bonds is 5. The van der Waals surface area contributed by atoms with E-state index in [1.807, 2.05) is 0 Å². The van der Waals surface area contributed by atoms with Crippen LogP contribution in [-0.2, 0) is 0 Å². The molecule has 2 aromatic rings. The van der Waals surface area contributed by atoms with Crippen molar-refractivity contribution in [3.8, 4) is 5.75 Å². The molecule has 0 fully saturated rings. The highest BCUT2D eigenvalue weighted by Gasteiger charge is 2.39. The van der Waals surface area contributed by atoms with Gasteiger partial charge in [-0.15, -0.1) is 0 Å². The average Bonchev–Trinajstić information content (AvgIpc) is 2.66. The Kier molecular flexibility index (Phi) is 7.32. The van der Waals surface area contributed by atoms with E-state index in [2.05, 4.69) is 10.6 Å². The number of hydrogen-bond donors (Lipinski definition) is 2. The van der Waals surface area contributed by atoms with Gasteiger partial charge in [-0.1, -0.05) is 17.7 Å². The lowest BCUT2D eigenvalue weighted by atomic mass is 10.1. The molecule has 2 aromatic carbocycles. The molecule has 0 saturated carbocycles. The third kappa shape index (κ3) is 5.97. The van der Waals surface area contributed by atoms with E-state index in [0.29, 0.717) is 13.0 Å². The predicted octanol–water partition coefficient (Wildman–Crippen LogP) is 5.29. The summed E-state index contributed by atoms with van der Waals surface area (Å²) in [4.78, 5) is 25.4. The van der Waals surface area contributed by atoms with Crippen LogP contribution in [-0.4, -0.2) is 43.2 Å². The summed E-state index contributed by atoms with van der Waals surface area (Å²) in [5.41, 5.74) is -1.64. The molecule has 0 radical (unpaired) electrons. The van der Waals surface area contributed by atoms with Crippen molar-refractivity contribution in [3.05, 3.63) is 52.6 Å². The minimum absolute atomic E-state index is 0.185. The number of ether oxygens (including phenoxy) is 1. The van der Waals surface area contributed by atoms with Gasteiger partial charge in [-0.25, -0.2) is 13.6 Å². The minimum Gasteiger partial charge on any atom is -0.480 e. The minimum atomic E-state index is -4.80. The fraction of sp³-hybridized carbons (Fsp3) is 0.263. The Bertz CT molecular complexity index is 978. The van der Waals surface area contributed by atoms with Crippen LogP contribution in [0.5, 0.6) is 5.75 Å². The zero-order valence-electron chi connectivity index (χ0n) is 16.4. The molecule has 0 bridgehead atoms. The summed E-state index contributed by atoms with van der Waals surface area (Å²) >= 11 is 5.83. The van der Waals surface area contributed by atoms with Crippen molar-refractivity contribution in [1.82, 2.24) is 4.90 Å². The van der Waals surface area contributed by atoms with Gasteiger partial charge in [-0.05, 0) is 25.1 Å². The largest absolute Gasteiger partial charge is 0.480 e. The second-order valence-electron chi connectivity index (χ2n) is 6.51. The van der Waals surface area contributed by atoms with Gasteiger partial charge in [0.25, 0.3) is 5.91 Å². The molecule has 168 valence electrons. The number of benzene rings is 2. The second-order valence-corrected chi connectivity index (χ2v) is 6.91. The van der Waals surface area contributed by atoms with Gasteiger partial charge in [0, 0.05) is 20.2 Å². The summed E-state index contributed by atoms with van der Waals surface area (Å²) in [7, 11) is 2.71. The van der Waals surface area contributed by atoms with Crippen LogP contribution >= 0.6 is 11.6 Å². The maximum Gasteiger partial charge on any atom is 0.425 e. The first-order valence-electron chi connectivity index (χ1n) is 8.61. The Morgan fingerprint density at radius 3 is 2.29 bits per heavy atom. The Hall–Kier alpha value is -3.08. The fourth-order valence-electron chi connectivity index (χ4n) is 2.21. The first kappa shape index (κ1) is 24.2. The summed E-state index contributed by atoms with van der Waals surface area (Å²) in [6, 6.07) is 4.05. The van der Waals surface area contributed by atoms with Gasteiger partial charge in [-0.2, -0.15) is 13.2 Å². The van der Waals surface area contributed by atoms with Crippen LogP contribution in [0.3, 0.4) is 0 Å². The third-order valence-corrected chi connectivity index (χ3v) is 4.24. The summed E-state index contributed by atoms with van der Waals surface area (Å²) in [5.74, 6) is -3.92. The summed E-state index contributed by atoms with van der Waals surface area (Å²) < 4.78 is 72.2. The maximum absolute atomic E-state index is 14.5. The fourth-order valence-corrected chi connectivity index (χ4v) is 2.42. The van der Waals surface area contributed by atoms with Crippen LogP contribution in [0.1, 0.15) is 17.3 Å².